The van der Waals surface area contributed by atoms with Crippen LogP contribution in [0.15, 0.2) is 38.3 Å². The lowest BCUT2D eigenvalue weighted by atomic mass is 10.3. The summed E-state index contributed by atoms with van der Waals surface area (Å²) in [5.74, 6) is -0.464. The molecule has 3 rings (SSSR count). The van der Waals surface area contributed by atoms with Gasteiger partial charge in [-0.2, -0.15) is 0 Å². The van der Waals surface area contributed by atoms with E-state index in [1.807, 2.05) is 39.8 Å². The minimum atomic E-state index is -0.333. The summed E-state index contributed by atoms with van der Waals surface area (Å²) in [4.78, 5) is 19.0. The van der Waals surface area contributed by atoms with E-state index in [9.17, 15) is 10.2 Å². The first-order valence-corrected chi connectivity index (χ1v) is 10.0. The highest BCUT2D eigenvalue weighted by atomic mass is 32.2. The summed E-state index contributed by atoms with van der Waals surface area (Å²) in [6, 6.07) is 5.24. The standard InChI is InChI=1S/C19H20N4O3S2/c1-9-6-10(2)21-18(20-9)27-14-8-13(24)15(25)16(26-5)17(14)28-19-22-11(3)7-12(4)23-19/h6-8,24-25H,1-5H3. The second kappa shape index (κ2) is 8.24. The lowest BCUT2D eigenvalue weighted by Crippen LogP contribution is -1.97. The van der Waals surface area contributed by atoms with E-state index in [0.29, 0.717) is 20.1 Å². The Hall–Kier alpha value is -2.52. The first-order valence-electron chi connectivity index (χ1n) is 8.40. The highest BCUT2D eigenvalue weighted by Gasteiger charge is 2.22. The average molecular weight is 417 g/mol. The van der Waals surface area contributed by atoms with E-state index in [4.69, 9.17) is 4.74 Å². The van der Waals surface area contributed by atoms with E-state index in [0.717, 1.165) is 22.8 Å². The summed E-state index contributed by atoms with van der Waals surface area (Å²) in [6.07, 6.45) is 0. The van der Waals surface area contributed by atoms with E-state index < -0.39 is 0 Å². The summed E-state index contributed by atoms with van der Waals surface area (Å²) in [6.45, 7) is 7.58. The minimum Gasteiger partial charge on any atom is -0.504 e. The molecule has 28 heavy (non-hydrogen) atoms. The van der Waals surface area contributed by atoms with E-state index in [1.54, 1.807) is 0 Å². The van der Waals surface area contributed by atoms with E-state index >= 15 is 0 Å². The summed E-state index contributed by atoms with van der Waals surface area (Å²) < 4.78 is 5.37. The number of methoxy groups -OCH3 is 1. The molecular weight excluding hydrogens is 396 g/mol. The summed E-state index contributed by atoms with van der Waals surface area (Å²) in [5.41, 5.74) is 3.36. The first-order chi connectivity index (χ1) is 13.3. The van der Waals surface area contributed by atoms with Gasteiger partial charge in [0.1, 0.15) is 0 Å². The van der Waals surface area contributed by atoms with Gasteiger partial charge in [0.15, 0.2) is 21.8 Å². The predicted octanol–water partition coefficient (Wildman–Crippen LogP) is 4.22. The average Bonchev–Trinajstić information content (AvgIpc) is 2.58. The zero-order valence-corrected chi connectivity index (χ0v) is 17.8. The third kappa shape index (κ3) is 4.48. The van der Waals surface area contributed by atoms with Crippen LogP contribution in [0.4, 0.5) is 0 Å². The summed E-state index contributed by atoms with van der Waals surface area (Å²) >= 11 is 2.52. The molecule has 0 saturated heterocycles. The van der Waals surface area contributed by atoms with Gasteiger partial charge in [0.25, 0.3) is 0 Å². The Labute approximate surface area is 171 Å². The van der Waals surface area contributed by atoms with Crippen molar-refractivity contribution in [3.8, 4) is 17.2 Å². The monoisotopic (exact) mass is 416 g/mol. The van der Waals surface area contributed by atoms with E-state index in [-0.39, 0.29) is 17.2 Å². The number of ether oxygens (including phenoxy) is 1. The number of aromatic hydroxyl groups is 2. The molecule has 0 aliphatic rings. The lowest BCUT2D eigenvalue weighted by Gasteiger charge is -2.15. The molecule has 0 bridgehead atoms. The lowest BCUT2D eigenvalue weighted by molar-refractivity contribution is 0.341. The van der Waals surface area contributed by atoms with Crippen LogP contribution in [-0.4, -0.2) is 37.3 Å². The third-order valence-electron chi connectivity index (χ3n) is 3.68. The molecule has 0 amide bonds. The fraction of sp³-hybridized carbons (Fsp3) is 0.263. The Morgan fingerprint density at radius 3 is 1.68 bits per heavy atom. The smallest absolute Gasteiger partial charge is 0.201 e. The largest absolute Gasteiger partial charge is 0.504 e. The maximum Gasteiger partial charge on any atom is 0.201 e. The molecule has 146 valence electrons. The molecular formula is C19H20N4O3S2. The van der Waals surface area contributed by atoms with Crippen LogP contribution in [0, 0.1) is 27.7 Å². The molecule has 0 radical (unpaired) electrons. The van der Waals surface area contributed by atoms with Gasteiger partial charge in [-0.3, -0.25) is 0 Å². The molecule has 0 fully saturated rings. The summed E-state index contributed by atoms with van der Waals surface area (Å²) in [7, 11) is 1.43. The molecule has 3 aromatic rings. The maximum absolute atomic E-state index is 10.3. The van der Waals surface area contributed by atoms with Crippen LogP contribution >= 0.6 is 23.5 Å². The second-order valence-corrected chi connectivity index (χ2v) is 8.16. The number of phenolic OH excluding ortho intramolecular Hbond substituents is 2. The number of rotatable bonds is 5. The van der Waals surface area contributed by atoms with Crippen molar-refractivity contribution in [2.45, 2.75) is 47.8 Å². The molecule has 0 aliphatic carbocycles. The van der Waals surface area contributed by atoms with Gasteiger partial charge in [0.05, 0.1) is 12.0 Å². The van der Waals surface area contributed by atoms with Crippen molar-refractivity contribution in [2.75, 3.05) is 7.11 Å². The number of nitrogens with zero attached hydrogens (tertiary/aromatic N) is 4. The van der Waals surface area contributed by atoms with Crippen molar-refractivity contribution < 1.29 is 14.9 Å². The molecule has 0 unspecified atom stereocenters. The fourth-order valence-electron chi connectivity index (χ4n) is 2.62. The summed E-state index contributed by atoms with van der Waals surface area (Å²) in [5, 5.41) is 21.5. The van der Waals surface area contributed by atoms with Gasteiger partial charge in [0, 0.05) is 27.7 Å². The Kier molecular flexibility index (Phi) is 5.95. The number of aromatic nitrogens is 4. The van der Waals surface area contributed by atoms with Crippen LogP contribution < -0.4 is 4.74 Å². The van der Waals surface area contributed by atoms with Crippen LogP contribution in [0.25, 0.3) is 0 Å². The molecule has 0 spiro atoms. The van der Waals surface area contributed by atoms with Crippen LogP contribution in [0.5, 0.6) is 17.2 Å². The van der Waals surface area contributed by atoms with Gasteiger partial charge >= 0.3 is 0 Å². The molecule has 0 atom stereocenters. The van der Waals surface area contributed by atoms with Crippen molar-refractivity contribution in [3.63, 3.8) is 0 Å². The molecule has 0 saturated carbocycles. The molecule has 0 aliphatic heterocycles. The number of aryl methyl sites for hydroxylation is 4. The van der Waals surface area contributed by atoms with Crippen molar-refractivity contribution in [1.29, 1.82) is 0 Å². The fourth-order valence-corrected chi connectivity index (χ4v) is 4.80. The number of hydrogen-bond acceptors (Lipinski definition) is 9. The highest BCUT2D eigenvalue weighted by Crippen LogP contribution is 2.50. The topological polar surface area (TPSA) is 101 Å². The van der Waals surface area contributed by atoms with Crippen LogP contribution in [0.2, 0.25) is 0 Å². The van der Waals surface area contributed by atoms with Gasteiger partial charge in [-0.1, -0.05) is 0 Å². The zero-order valence-electron chi connectivity index (χ0n) is 16.1. The molecule has 1 aromatic carbocycles. The number of phenols is 2. The molecule has 2 N–H and O–H groups in total. The van der Waals surface area contributed by atoms with E-state index in [1.165, 1.54) is 36.7 Å². The van der Waals surface area contributed by atoms with Crippen molar-refractivity contribution in [3.05, 3.63) is 41.0 Å². The first kappa shape index (κ1) is 20.2. The highest BCUT2D eigenvalue weighted by molar-refractivity contribution is 8.02. The van der Waals surface area contributed by atoms with Crippen molar-refractivity contribution >= 4 is 23.5 Å². The van der Waals surface area contributed by atoms with Gasteiger partial charge in [0.2, 0.25) is 5.75 Å². The SMILES string of the molecule is COc1c(O)c(O)cc(Sc2nc(C)cc(C)n2)c1Sc1nc(C)cc(C)n1. The number of benzene rings is 1. The normalized spacial score (nSPS) is 10.9. The van der Waals surface area contributed by atoms with Crippen LogP contribution in [-0.2, 0) is 0 Å². The van der Waals surface area contributed by atoms with E-state index in [2.05, 4.69) is 19.9 Å². The Morgan fingerprint density at radius 1 is 0.750 bits per heavy atom. The van der Waals surface area contributed by atoms with Crippen molar-refractivity contribution in [1.82, 2.24) is 19.9 Å². The predicted molar refractivity (Wildman–Crippen MR) is 108 cm³/mol. The third-order valence-corrected chi connectivity index (χ3v) is 5.69. The Morgan fingerprint density at radius 2 is 1.21 bits per heavy atom. The molecule has 2 aromatic heterocycles. The second-order valence-electron chi connectivity index (χ2n) is 6.18. The zero-order chi connectivity index (χ0) is 20.4. The Bertz CT molecular complexity index is 1000. The van der Waals surface area contributed by atoms with Gasteiger partial charge in [-0.05, 0) is 69.4 Å². The molecule has 9 heteroatoms. The Balaban J connectivity index is 2.11. The van der Waals surface area contributed by atoms with Crippen LogP contribution in [0.1, 0.15) is 22.8 Å². The molecule has 2 heterocycles. The van der Waals surface area contributed by atoms with Gasteiger partial charge in [-0.25, -0.2) is 19.9 Å². The number of hydrogen-bond donors (Lipinski definition) is 2. The van der Waals surface area contributed by atoms with Gasteiger partial charge < -0.3 is 14.9 Å². The molecule has 7 nitrogen and oxygen atoms in total. The quantitative estimate of drug-likeness (QED) is 0.467. The maximum atomic E-state index is 10.3. The van der Waals surface area contributed by atoms with Crippen LogP contribution in [0.3, 0.4) is 0 Å². The van der Waals surface area contributed by atoms with Gasteiger partial charge in [-0.15, -0.1) is 0 Å². The van der Waals surface area contributed by atoms with Crippen molar-refractivity contribution in [2.24, 2.45) is 0 Å². The minimum absolute atomic E-state index is 0.152.